The maximum Gasteiger partial charge on any atom is 0.306 e. The zero-order chi connectivity index (χ0) is 15.2. The van der Waals surface area contributed by atoms with Gasteiger partial charge in [-0.05, 0) is 31.4 Å². The van der Waals surface area contributed by atoms with Gasteiger partial charge in [-0.15, -0.1) is 11.8 Å². The van der Waals surface area contributed by atoms with Gasteiger partial charge < -0.3 is 10.4 Å². The molecule has 1 aromatic carbocycles. The fraction of sp³-hybridized carbons (Fsp3) is 0.467. The Labute approximate surface area is 133 Å². The van der Waals surface area contributed by atoms with E-state index in [1.165, 1.54) is 0 Å². The van der Waals surface area contributed by atoms with Gasteiger partial charge in [0.15, 0.2) is 0 Å². The van der Waals surface area contributed by atoms with Crippen LogP contribution in [0.1, 0.15) is 25.7 Å². The first kappa shape index (κ1) is 16.2. The second-order valence-corrected chi connectivity index (χ2v) is 6.69. The molecular formula is C15H18ClNO3S. The van der Waals surface area contributed by atoms with Crippen molar-refractivity contribution in [2.45, 2.75) is 36.6 Å². The molecule has 0 unspecified atom stereocenters. The van der Waals surface area contributed by atoms with Crippen molar-refractivity contribution in [2.24, 2.45) is 5.92 Å². The van der Waals surface area contributed by atoms with Gasteiger partial charge in [-0.25, -0.2) is 0 Å². The van der Waals surface area contributed by atoms with Crippen LogP contribution in [0.4, 0.5) is 0 Å². The third-order valence-corrected chi connectivity index (χ3v) is 5.09. The average molecular weight is 328 g/mol. The Morgan fingerprint density at radius 2 is 2.10 bits per heavy atom. The number of thioether (sulfide) groups is 1. The molecule has 114 valence electrons. The van der Waals surface area contributed by atoms with E-state index >= 15 is 0 Å². The van der Waals surface area contributed by atoms with Crippen molar-refractivity contribution in [3.05, 3.63) is 29.3 Å². The van der Waals surface area contributed by atoms with Crippen molar-refractivity contribution in [2.75, 3.05) is 5.75 Å². The van der Waals surface area contributed by atoms with Crippen LogP contribution in [-0.4, -0.2) is 28.8 Å². The normalized spacial score (nSPS) is 21.2. The maximum atomic E-state index is 11.8. The lowest BCUT2D eigenvalue weighted by molar-refractivity contribution is -0.141. The standard InChI is InChI=1S/C15H18ClNO3S/c16-12-3-1-2-4-13(12)21-8-7-14(18)17-11-6-5-10(9-11)15(19)20/h1-4,10-11H,5-9H2,(H,17,18)(H,19,20)/t10-,11+/m1/s1. The minimum Gasteiger partial charge on any atom is -0.481 e. The molecule has 1 aliphatic rings. The summed E-state index contributed by atoms with van der Waals surface area (Å²) in [5, 5.41) is 12.5. The van der Waals surface area contributed by atoms with E-state index in [9.17, 15) is 9.59 Å². The van der Waals surface area contributed by atoms with Crippen molar-refractivity contribution >= 4 is 35.2 Å². The SMILES string of the molecule is O=C(CCSc1ccccc1Cl)N[C@H]1CC[C@@H](C(=O)O)C1. The van der Waals surface area contributed by atoms with Crippen molar-refractivity contribution in [3.8, 4) is 0 Å². The summed E-state index contributed by atoms with van der Waals surface area (Å²) in [5.74, 6) is -0.440. The molecule has 4 nitrogen and oxygen atoms in total. The smallest absolute Gasteiger partial charge is 0.306 e. The van der Waals surface area contributed by atoms with Crippen molar-refractivity contribution in [3.63, 3.8) is 0 Å². The number of hydrogen-bond acceptors (Lipinski definition) is 3. The molecule has 2 atom stereocenters. The highest BCUT2D eigenvalue weighted by atomic mass is 35.5. The number of rotatable bonds is 6. The van der Waals surface area contributed by atoms with Gasteiger partial charge in [0.2, 0.25) is 5.91 Å². The molecule has 1 fully saturated rings. The quantitative estimate of drug-likeness (QED) is 0.787. The Balaban J connectivity index is 1.69. The van der Waals surface area contributed by atoms with Gasteiger partial charge in [0.1, 0.15) is 0 Å². The largest absolute Gasteiger partial charge is 0.481 e. The number of carboxylic acid groups (broad SMARTS) is 1. The Hall–Kier alpha value is -1.20. The van der Waals surface area contributed by atoms with Crippen LogP contribution in [0.3, 0.4) is 0 Å². The number of amides is 1. The molecule has 6 heteroatoms. The third kappa shape index (κ3) is 4.93. The molecule has 1 aliphatic carbocycles. The number of benzene rings is 1. The molecule has 0 radical (unpaired) electrons. The number of halogens is 1. The topological polar surface area (TPSA) is 66.4 Å². The monoisotopic (exact) mass is 327 g/mol. The van der Waals surface area contributed by atoms with E-state index in [-0.39, 0.29) is 17.9 Å². The number of hydrogen-bond donors (Lipinski definition) is 2. The summed E-state index contributed by atoms with van der Waals surface area (Å²) in [6, 6.07) is 7.55. The number of carbonyl (C=O) groups is 2. The summed E-state index contributed by atoms with van der Waals surface area (Å²) < 4.78 is 0. The second-order valence-electron chi connectivity index (χ2n) is 5.14. The molecular weight excluding hydrogens is 310 g/mol. The first-order chi connectivity index (χ1) is 10.1. The molecule has 0 aromatic heterocycles. The zero-order valence-corrected chi connectivity index (χ0v) is 13.1. The highest BCUT2D eigenvalue weighted by Crippen LogP contribution is 2.28. The van der Waals surface area contributed by atoms with Gasteiger partial charge in [0.05, 0.1) is 10.9 Å². The van der Waals surface area contributed by atoms with Crippen molar-refractivity contribution < 1.29 is 14.7 Å². The maximum absolute atomic E-state index is 11.8. The van der Waals surface area contributed by atoms with E-state index in [1.54, 1.807) is 11.8 Å². The Bertz CT molecular complexity index is 523. The van der Waals surface area contributed by atoms with Gasteiger partial charge in [-0.2, -0.15) is 0 Å². The van der Waals surface area contributed by atoms with Crippen LogP contribution in [0.25, 0.3) is 0 Å². The van der Waals surface area contributed by atoms with Gasteiger partial charge in [0, 0.05) is 23.1 Å². The first-order valence-corrected chi connectivity index (χ1v) is 8.32. The predicted molar refractivity (Wildman–Crippen MR) is 83.7 cm³/mol. The minimum absolute atomic E-state index is 0.00362. The van der Waals surface area contributed by atoms with Gasteiger partial charge in [0.25, 0.3) is 0 Å². The molecule has 0 spiro atoms. The van der Waals surface area contributed by atoms with E-state index in [4.69, 9.17) is 16.7 Å². The lowest BCUT2D eigenvalue weighted by atomic mass is 10.1. The molecule has 21 heavy (non-hydrogen) atoms. The van der Waals surface area contributed by atoms with E-state index in [0.29, 0.717) is 30.0 Å². The molecule has 0 bridgehead atoms. The summed E-state index contributed by atoms with van der Waals surface area (Å²) in [7, 11) is 0. The fourth-order valence-electron chi connectivity index (χ4n) is 2.45. The summed E-state index contributed by atoms with van der Waals surface area (Å²) >= 11 is 7.60. The van der Waals surface area contributed by atoms with E-state index < -0.39 is 5.97 Å². The van der Waals surface area contributed by atoms with Crippen LogP contribution in [0.2, 0.25) is 5.02 Å². The molecule has 2 rings (SSSR count). The van der Waals surface area contributed by atoms with E-state index in [2.05, 4.69) is 5.32 Å². The van der Waals surface area contributed by atoms with Crippen molar-refractivity contribution in [1.29, 1.82) is 0 Å². The number of carbonyl (C=O) groups excluding carboxylic acids is 1. The van der Waals surface area contributed by atoms with Crippen LogP contribution in [0.5, 0.6) is 0 Å². The van der Waals surface area contributed by atoms with E-state index in [0.717, 1.165) is 11.3 Å². The van der Waals surface area contributed by atoms with Crippen LogP contribution in [0.15, 0.2) is 29.2 Å². The van der Waals surface area contributed by atoms with Crippen LogP contribution >= 0.6 is 23.4 Å². The predicted octanol–water partition coefficient (Wildman–Crippen LogP) is 3.19. The molecule has 2 N–H and O–H groups in total. The lowest BCUT2D eigenvalue weighted by Crippen LogP contribution is -2.33. The summed E-state index contributed by atoms with van der Waals surface area (Å²) in [4.78, 5) is 23.7. The first-order valence-electron chi connectivity index (χ1n) is 6.95. The fourth-order valence-corrected chi connectivity index (χ4v) is 3.64. The van der Waals surface area contributed by atoms with Crippen LogP contribution in [0, 0.1) is 5.92 Å². The van der Waals surface area contributed by atoms with Crippen LogP contribution < -0.4 is 5.32 Å². The molecule has 0 heterocycles. The molecule has 1 aromatic rings. The number of aliphatic carboxylic acids is 1. The average Bonchev–Trinajstić information content (AvgIpc) is 2.89. The summed E-state index contributed by atoms with van der Waals surface area (Å²) in [5.41, 5.74) is 0. The third-order valence-electron chi connectivity index (χ3n) is 3.57. The molecule has 0 aliphatic heterocycles. The van der Waals surface area contributed by atoms with Gasteiger partial charge >= 0.3 is 5.97 Å². The Kier molecular flexibility index (Phi) is 5.94. The summed E-state index contributed by atoms with van der Waals surface area (Å²) in [6.45, 7) is 0. The Morgan fingerprint density at radius 1 is 1.33 bits per heavy atom. The highest BCUT2D eigenvalue weighted by molar-refractivity contribution is 7.99. The molecule has 1 saturated carbocycles. The Morgan fingerprint density at radius 3 is 2.76 bits per heavy atom. The summed E-state index contributed by atoms with van der Waals surface area (Å²) in [6.07, 6.45) is 2.35. The molecule has 1 amide bonds. The van der Waals surface area contributed by atoms with Gasteiger partial charge in [-0.3, -0.25) is 9.59 Å². The van der Waals surface area contributed by atoms with Crippen LogP contribution in [-0.2, 0) is 9.59 Å². The van der Waals surface area contributed by atoms with E-state index in [1.807, 2.05) is 24.3 Å². The lowest BCUT2D eigenvalue weighted by Gasteiger charge is -2.12. The number of carboxylic acids is 1. The zero-order valence-electron chi connectivity index (χ0n) is 11.5. The minimum atomic E-state index is -0.763. The molecule has 0 saturated heterocycles. The van der Waals surface area contributed by atoms with Crippen molar-refractivity contribution in [1.82, 2.24) is 5.32 Å². The van der Waals surface area contributed by atoms with Gasteiger partial charge in [-0.1, -0.05) is 23.7 Å². The highest BCUT2D eigenvalue weighted by Gasteiger charge is 2.30. The number of nitrogens with one attached hydrogen (secondary N) is 1. The second kappa shape index (κ2) is 7.71.